The van der Waals surface area contributed by atoms with E-state index in [1.807, 2.05) is 25.2 Å². The van der Waals surface area contributed by atoms with Gasteiger partial charge in [-0.3, -0.25) is 0 Å². The van der Waals surface area contributed by atoms with E-state index >= 15 is 0 Å². The maximum Gasteiger partial charge on any atom is 0.0435 e. The van der Waals surface area contributed by atoms with Crippen LogP contribution in [0.5, 0.6) is 0 Å². The van der Waals surface area contributed by atoms with Crippen molar-refractivity contribution in [3.05, 3.63) is 84.8 Å². The van der Waals surface area contributed by atoms with Crippen LogP contribution in [-0.2, 0) is 0 Å². The first-order valence-corrected chi connectivity index (χ1v) is 8.65. The van der Waals surface area contributed by atoms with Crippen molar-refractivity contribution in [2.24, 2.45) is 0 Å². The van der Waals surface area contributed by atoms with Crippen molar-refractivity contribution in [2.45, 2.75) is 33.7 Å². The molecule has 0 aromatic carbocycles. The third-order valence-electron chi connectivity index (χ3n) is 3.43. The summed E-state index contributed by atoms with van der Waals surface area (Å²) in [4.78, 5) is 0. The van der Waals surface area contributed by atoms with Gasteiger partial charge in [0.15, 0.2) is 0 Å². The summed E-state index contributed by atoms with van der Waals surface area (Å²) in [7, 11) is 0. The molecule has 0 aliphatic rings. The van der Waals surface area contributed by atoms with Gasteiger partial charge in [-0.15, -0.1) is 0 Å². The molecular formula is C22H35N3. The van der Waals surface area contributed by atoms with Crippen LogP contribution >= 0.6 is 0 Å². The minimum Gasteiger partial charge on any atom is -0.384 e. The minimum absolute atomic E-state index is 0.176. The highest BCUT2D eigenvalue weighted by molar-refractivity contribution is 5.26. The molecule has 0 radical (unpaired) electrons. The summed E-state index contributed by atoms with van der Waals surface area (Å²) >= 11 is 0. The molecule has 0 saturated carbocycles. The van der Waals surface area contributed by atoms with E-state index in [2.05, 4.69) is 75.2 Å². The Balaban J connectivity index is 4.12. The molecule has 0 aromatic heterocycles. The van der Waals surface area contributed by atoms with E-state index in [4.69, 9.17) is 0 Å². The molecule has 3 nitrogen and oxygen atoms in total. The highest BCUT2D eigenvalue weighted by Crippen LogP contribution is 2.01. The second kappa shape index (κ2) is 13.1. The van der Waals surface area contributed by atoms with Gasteiger partial charge in [-0.05, 0) is 39.3 Å². The molecule has 0 amide bonds. The van der Waals surface area contributed by atoms with E-state index in [-0.39, 0.29) is 6.04 Å². The maximum absolute atomic E-state index is 4.11. The zero-order chi connectivity index (χ0) is 19.2. The summed E-state index contributed by atoms with van der Waals surface area (Å²) in [6, 6.07) is 0.176. The Morgan fingerprint density at radius 2 is 1.64 bits per heavy atom. The lowest BCUT2D eigenvalue weighted by Crippen LogP contribution is -2.37. The predicted octanol–water partition coefficient (Wildman–Crippen LogP) is 4.38. The summed E-state index contributed by atoms with van der Waals surface area (Å²) < 4.78 is 0. The van der Waals surface area contributed by atoms with Gasteiger partial charge in [0.25, 0.3) is 0 Å². The first-order chi connectivity index (χ1) is 11.8. The molecule has 0 aliphatic carbocycles. The number of allylic oxidation sites excluding steroid dienone is 6. The fraction of sp³-hybridized carbons (Fsp3) is 0.364. The van der Waals surface area contributed by atoms with Gasteiger partial charge < -0.3 is 16.0 Å². The smallest absolute Gasteiger partial charge is 0.0435 e. The van der Waals surface area contributed by atoms with E-state index in [9.17, 15) is 0 Å². The van der Waals surface area contributed by atoms with Crippen LogP contribution in [0.25, 0.3) is 0 Å². The van der Waals surface area contributed by atoms with Crippen LogP contribution < -0.4 is 16.0 Å². The second-order valence-electron chi connectivity index (χ2n) is 6.38. The first kappa shape index (κ1) is 22.7. The molecule has 0 spiro atoms. The zero-order valence-electron chi connectivity index (χ0n) is 16.4. The van der Waals surface area contributed by atoms with Gasteiger partial charge in [0, 0.05) is 37.1 Å². The highest BCUT2D eigenvalue weighted by atomic mass is 15.0. The quantitative estimate of drug-likeness (QED) is 0.344. The molecule has 0 rings (SSSR count). The average molecular weight is 342 g/mol. The summed E-state index contributed by atoms with van der Waals surface area (Å²) in [6.07, 6.45) is 9.91. The van der Waals surface area contributed by atoms with Crippen LogP contribution in [0.2, 0.25) is 0 Å². The third kappa shape index (κ3) is 12.8. The van der Waals surface area contributed by atoms with E-state index in [1.54, 1.807) is 0 Å². The van der Waals surface area contributed by atoms with Gasteiger partial charge in [0.1, 0.15) is 0 Å². The first-order valence-electron chi connectivity index (χ1n) is 8.65. The molecule has 0 saturated heterocycles. The van der Waals surface area contributed by atoms with E-state index in [0.29, 0.717) is 0 Å². The Labute approximate surface area is 154 Å². The predicted molar refractivity (Wildman–Crippen MR) is 113 cm³/mol. The Morgan fingerprint density at radius 3 is 2.20 bits per heavy atom. The summed E-state index contributed by atoms with van der Waals surface area (Å²) in [5.41, 5.74) is 5.26. The van der Waals surface area contributed by atoms with Gasteiger partial charge in [-0.1, -0.05) is 61.8 Å². The van der Waals surface area contributed by atoms with Crippen LogP contribution in [0.4, 0.5) is 0 Å². The molecule has 25 heavy (non-hydrogen) atoms. The normalized spacial score (nSPS) is 12.4. The van der Waals surface area contributed by atoms with E-state index < -0.39 is 0 Å². The maximum atomic E-state index is 4.11. The Kier molecular flexibility index (Phi) is 11.9. The second-order valence-corrected chi connectivity index (χ2v) is 6.38. The van der Waals surface area contributed by atoms with Gasteiger partial charge in [-0.25, -0.2) is 0 Å². The molecule has 3 heteroatoms. The Morgan fingerprint density at radius 1 is 0.960 bits per heavy atom. The van der Waals surface area contributed by atoms with Crippen LogP contribution in [0.15, 0.2) is 84.8 Å². The van der Waals surface area contributed by atoms with Crippen molar-refractivity contribution in [2.75, 3.05) is 19.6 Å². The van der Waals surface area contributed by atoms with Gasteiger partial charge in [0.05, 0.1) is 0 Å². The minimum atomic E-state index is 0.176. The van der Waals surface area contributed by atoms with Crippen LogP contribution in [0.1, 0.15) is 27.7 Å². The van der Waals surface area contributed by atoms with Crippen molar-refractivity contribution < 1.29 is 0 Å². The van der Waals surface area contributed by atoms with Crippen molar-refractivity contribution in [3.8, 4) is 0 Å². The molecule has 1 atom stereocenters. The van der Waals surface area contributed by atoms with Crippen LogP contribution in [0, 0.1) is 0 Å². The van der Waals surface area contributed by atoms with E-state index in [0.717, 1.165) is 42.2 Å². The molecule has 3 N–H and O–H groups in total. The van der Waals surface area contributed by atoms with Crippen LogP contribution in [-0.4, -0.2) is 25.7 Å². The van der Waals surface area contributed by atoms with Crippen molar-refractivity contribution in [1.29, 1.82) is 0 Å². The lowest BCUT2D eigenvalue weighted by Gasteiger charge is -2.19. The van der Waals surface area contributed by atoms with Crippen LogP contribution in [0.3, 0.4) is 0 Å². The molecule has 0 fully saturated rings. The fourth-order valence-electron chi connectivity index (χ4n) is 1.78. The zero-order valence-corrected chi connectivity index (χ0v) is 16.4. The highest BCUT2D eigenvalue weighted by Gasteiger charge is 2.05. The van der Waals surface area contributed by atoms with Crippen molar-refractivity contribution >= 4 is 0 Å². The Bertz CT molecular complexity index is 558. The van der Waals surface area contributed by atoms with Crippen molar-refractivity contribution in [1.82, 2.24) is 16.0 Å². The molecule has 0 aromatic rings. The lowest BCUT2D eigenvalue weighted by molar-refractivity contribution is 0.568. The molecule has 0 aliphatic heterocycles. The van der Waals surface area contributed by atoms with Gasteiger partial charge in [0.2, 0.25) is 0 Å². The summed E-state index contributed by atoms with van der Waals surface area (Å²) in [5.74, 6) is 0. The lowest BCUT2D eigenvalue weighted by atomic mass is 10.2. The fourth-order valence-corrected chi connectivity index (χ4v) is 1.78. The Hall–Kier alpha value is -2.26. The number of rotatable bonds is 13. The largest absolute Gasteiger partial charge is 0.384 e. The summed E-state index contributed by atoms with van der Waals surface area (Å²) in [6.45, 7) is 26.3. The van der Waals surface area contributed by atoms with E-state index in [1.165, 1.54) is 5.57 Å². The van der Waals surface area contributed by atoms with Gasteiger partial charge >= 0.3 is 0 Å². The molecule has 0 bridgehead atoms. The molecule has 138 valence electrons. The molecule has 1 unspecified atom stereocenters. The average Bonchev–Trinajstić information content (AvgIpc) is 2.56. The summed E-state index contributed by atoms with van der Waals surface area (Å²) in [5, 5.41) is 10.0. The third-order valence-corrected chi connectivity index (χ3v) is 3.43. The molecule has 0 heterocycles. The number of hydrogen-bond acceptors (Lipinski definition) is 3. The number of hydrogen-bond donors (Lipinski definition) is 3. The topological polar surface area (TPSA) is 36.1 Å². The SMILES string of the molecule is C=C/C(=C\C=C(C)C)CNC(=C)C(C)NCCNC(=C)/C=C\C(=C)C. The monoisotopic (exact) mass is 341 g/mol. The van der Waals surface area contributed by atoms with Gasteiger partial charge in [-0.2, -0.15) is 0 Å². The number of nitrogens with one attached hydrogen (secondary N) is 3. The van der Waals surface area contributed by atoms with Crippen molar-refractivity contribution in [3.63, 3.8) is 0 Å². The standard InChI is InChI=1S/C22H35N3/c1-9-22(13-11-18(4)5)16-25-21(8)20(7)24-15-14-23-19(6)12-10-17(2)3/h9-13,20,23-25H,1-2,6,8,14-16H2,3-5,7H3/b12-10-,22-13+. The molecular weight excluding hydrogens is 306 g/mol.